The third-order valence-corrected chi connectivity index (χ3v) is 10.2. The van der Waals surface area contributed by atoms with Crippen LogP contribution in [0.4, 0.5) is 16.1 Å². The van der Waals surface area contributed by atoms with Gasteiger partial charge in [0.05, 0.1) is 60.0 Å². The molecular weight excluding hydrogens is 1120 g/mol. The predicted octanol–water partition coefficient (Wildman–Crippen LogP) is 3.29. The normalized spacial score (nSPS) is 9.11. The Morgan fingerprint density at radius 2 is 1.15 bits per heavy atom. The fourth-order valence-electron chi connectivity index (χ4n) is 5.65. The number of H-pyrrole nitrogens is 5. The molecule has 0 atom stereocenters. The Bertz CT molecular complexity index is 2880. The Morgan fingerprint density at radius 1 is 0.683 bits per heavy atom. The molecule has 0 aliphatic heterocycles. The number of aliphatic hydroxyl groups is 1. The molecule has 0 unspecified atom stereocenters. The van der Waals surface area contributed by atoms with Crippen molar-refractivity contribution in [3.8, 4) is 11.5 Å². The number of aromatic nitrogens is 10. The molecule has 0 spiro atoms. The number of rotatable bonds is 14. The van der Waals surface area contributed by atoms with Gasteiger partial charge < -0.3 is 37.6 Å². The number of imidazole rings is 1. The van der Waals surface area contributed by atoms with Gasteiger partial charge in [0.1, 0.15) is 17.2 Å². The third kappa shape index (κ3) is 34.2. The molecule has 2 aromatic carbocycles. The zero-order chi connectivity index (χ0) is 60.6. The van der Waals surface area contributed by atoms with E-state index in [0.29, 0.717) is 29.4 Å². The van der Waals surface area contributed by atoms with E-state index in [9.17, 15) is 24.0 Å². The topological polar surface area (TPSA) is 443 Å². The van der Waals surface area contributed by atoms with Gasteiger partial charge in [-0.2, -0.15) is 20.4 Å². The van der Waals surface area contributed by atoms with E-state index in [-0.39, 0.29) is 81.6 Å². The van der Waals surface area contributed by atoms with E-state index in [4.69, 9.17) is 38.9 Å². The summed E-state index contributed by atoms with van der Waals surface area (Å²) in [5.41, 5.74) is 26.0. The number of hydrogen-bond donors (Lipinski definition) is 11. The number of nitrogens with two attached hydrogens (primary N) is 4. The molecule has 450 valence electrons. The first-order valence-electron chi connectivity index (χ1n) is 24.7. The van der Waals surface area contributed by atoms with E-state index in [2.05, 4.69) is 100 Å². The number of ether oxygens (including phenoxy) is 2. The van der Waals surface area contributed by atoms with Gasteiger partial charge in [0.15, 0.2) is 17.8 Å². The Balaban J connectivity index is -0.000000165. The number of esters is 2. The molecule has 82 heavy (non-hydrogen) atoms. The number of aryl methyl sites for hydroxylation is 8. The zero-order valence-electron chi connectivity index (χ0n) is 49.9. The molecule has 3 radical (unpaired) electrons. The maximum atomic E-state index is 11.1. The number of nitrogen functional groups attached to an aromatic ring is 2. The van der Waals surface area contributed by atoms with Crippen molar-refractivity contribution in [2.75, 3.05) is 24.7 Å². The number of halogens is 1. The number of fused-ring (bicyclic) bond motifs is 1. The molecule has 0 bridgehead atoms. The van der Waals surface area contributed by atoms with Crippen LogP contribution in [0.3, 0.4) is 0 Å². The quantitative estimate of drug-likeness (QED) is 0.0109. The number of carbonyl (C=O) groups is 6. The monoisotopic (exact) mass is 1200 g/mol. The molecule has 0 aliphatic carbocycles. The van der Waals surface area contributed by atoms with E-state index in [1.54, 1.807) is 32.9 Å². The number of hydrazine groups is 1. The molecule has 0 aliphatic rings. The van der Waals surface area contributed by atoms with Gasteiger partial charge in [-0.15, -0.1) is 0 Å². The van der Waals surface area contributed by atoms with Crippen molar-refractivity contribution >= 4 is 75.5 Å². The van der Waals surface area contributed by atoms with Gasteiger partial charge in [-0.1, -0.05) is 34.6 Å². The van der Waals surface area contributed by atoms with Crippen molar-refractivity contribution in [2.45, 2.75) is 128 Å². The summed E-state index contributed by atoms with van der Waals surface area (Å²) in [5, 5.41) is 42.9. The van der Waals surface area contributed by atoms with Gasteiger partial charge in [0.2, 0.25) is 5.78 Å². The van der Waals surface area contributed by atoms with Crippen LogP contribution in [0.1, 0.15) is 143 Å². The summed E-state index contributed by atoms with van der Waals surface area (Å²) in [5.74, 6) is 5.70. The summed E-state index contributed by atoms with van der Waals surface area (Å²) >= 11 is -1.44. The van der Waals surface area contributed by atoms with Crippen LogP contribution in [0.2, 0.25) is 0 Å². The number of aliphatic hydroxyl groups excluding tert-OH is 1. The van der Waals surface area contributed by atoms with Crippen LogP contribution in [0.25, 0.3) is 22.6 Å². The van der Waals surface area contributed by atoms with E-state index >= 15 is 0 Å². The van der Waals surface area contributed by atoms with Crippen LogP contribution in [0.15, 0.2) is 48.5 Å². The summed E-state index contributed by atoms with van der Waals surface area (Å²) in [6.07, 6.45) is 4.26. The number of carbonyl (C=O) groups excluding carboxylic acids is 5. The minimum atomic E-state index is -1.44. The van der Waals surface area contributed by atoms with Gasteiger partial charge >= 0.3 is 53.3 Å². The number of anilines is 2. The number of aromatic amines is 5. The molecule has 5 heterocycles. The fraction of sp³-hybridized carbons (Fsp3) is 0.404. The summed E-state index contributed by atoms with van der Waals surface area (Å²) in [7, 11) is 0. The Hall–Kier alpha value is -7.17. The predicted molar refractivity (Wildman–Crippen MR) is 305 cm³/mol. The van der Waals surface area contributed by atoms with Crippen molar-refractivity contribution < 1.29 is 97.4 Å². The number of carboxylic acid groups (broad SMARTS) is 1. The molecule has 0 saturated carbocycles. The van der Waals surface area contributed by atoms with Crippen molar-refractivity contribution in [3.05, 3.63) is 111 Å². The van der Waals surface area contributed by atoms with Crippen molar-refractivity contribution in [1.82, 2.24) is 50.8 Å². The standard InChI is InChI=1S/C14H16N4.C8H12N2O2.C8H12N2.C8H12O4.C6H10N2O.C6H8N2O.C2H4O2.Al.FH.Li.Mn.H4N2.2O.H2.H/c1-4-10-7-13(18-17-10)14-15-11-5-8(2)9(3)6-12(11)16-14;1-3-6-5-7(10-9-6)8(11)12-4-2;1-5-3-7(9)8(10)4-6(5)2;1-3-6(9)5-7(10)8(11)12-4-2;2*1-2-5-3-6(4-9)8-7-5;1-2(3)4;;;;;1-2;;;;/h5-7H,4H2,1-3H3,(H,15,16)(H,17,18);5H,3-4H2,1-2H3,(H,9,10);3-4H,9-10H2,1-2H3;3-5H2,1-2H3;3,9H,2,4H2,1H3,(H,7,8);3-4H,2H2,1H3,(H,7,8);1H3,(H,3,4);;1H;;;1-2H2;;;1H;/q;;;;;;;;;+1;;;;;;-1/i;;;;;;;;;;;;;;1+2;. The summed E-state index contributed by atoms with van der Waals surface area (Å²) in [6, 6.07) is 15.4. The summed E-state index contributed by atoms with van der Waals surface area (Å²) < 4.78 is 26.0. The zero-order valence-corrected chi connectivity index (χ0v) is 51.3. The van der Waals surface area contributed by atoms with E-state index in [1.165, 1.54) is 22.3 Å². The number of aliphatic carboxylic acids is 1. The van der Waals surface area contributed by atoms with Crippen LogP contribution in [-0.2, 0) is 83.4 Å². The maximum absolute atomic E-state index is 11.1. The number of nitrogens with one attached hydrogen (secondary N) is 5. The molecule has 0 saturated heterocycles. The van der Waals surface area contributed by atoms with Gasteiger partial charge in [-0.05, 0) is 138 Å². The first-order valence-corrected chi connectivity index (χ1v) is 25.6. The Kier molecular flexibility index (Phi) is 49.5. The number of carboxylic acids is 1. The second kappa shape index (κ2) is 48.5. The molecule has 7 aromatic rings. The van der Waals surface area contributed by atoms with Crippen LogP contribution < -0.4 is 42.0 Å². The average Bonchev–Trinajstić information content (AvgIpc) is 4.31. The average molecular weight is 1210 g/mol. The van der Waals surface area contributed by atoms with Crippen molar-refractivity contribution in [3.63, 3.8) is 0 Å². The molecule has 0 fully saturated rings. The summed E-state index contributed by atoms with van der Waals surface area (Å²) in [4.78, 5) is 70.2. The molecule has 30 heteroatoms. The second-order valence-electron chi connectivity index (χ2n) is 16.1. The Labute approximate surface area is 507 Å². The van der Waals surface area contributed by atoms with Crippen molar-refractivity contribution in [2.24, 2.45) is 11.7 Å². The van der Waals surface area contributed by atoms with Gasteiger partial charge in [0, 0.05) is 49.2 Å². The number of nitrogens with zero attached hydrogens (tertiary/aromatic N) is 5. The number of ketones is 2. The third-order valence-electron chi connectivity index (χ3n) is 10.2. The molecule has 7 rings (SSSR count). The molecular formula is C52H82AlFLiMnN14O12. The van der Waals surface area contributed by atoms with Crippen molar-refractivity contribution in [1.29, 1.82) is 0 Å². The molecule has 0 amide bonds. The van der Waals surface area contributed by atoms with E-state index in [0.717, 1.165) is 89.9 Å². The Morgan fingerprint density at radius 3 is 1.55 bits per heavy atom. The molecule has 15 N–H and O–H groups in total. The summed E-state index contributed by atoms with van der Waals surface area (Å²) in [6.45, 7) is 23.1. The second-order valence-corrected chi connectivity index (χ2v) is 16.3. The number of benzene rings is 2. The first kappa shape index (κ1) is 83.6. The van der Waals surface area contributed by atoms with Gasteiger partial charge in [-0.25, -0.2) is 14.6 Å². The van der Waals surface area contributed by atoms with E-state index < -0.39 is 32.5 Å². The van der Waals surface area contributed by atoms with Crippen LogP contribution in [0, 0.1) is 27.7 Å². The number of aldehydes is 1. The van der Waals surface area contributed by atoms with E-state index in [1.807, 2.05) is 58.9 Å². The number of hydrogen-bond acceptors (Lipinski definition) is 20. The van der Waals surface area contributed by atoms with Crippen LogP contribution in [0.5, 0.6) is 0 Å². The van der Waals surface area contributed by atoms with Crippen LogP contribution in [-0.4, -0.2) is 127 Å². The minimum absolute atomic E-state index is 0. The molecule has 5 aromatic heterocycles. The first-order chi connectivity index (χ1) is 37.5. The van der Waals surface area contributed by atoms with Gasteiger partial charge in [0.25, 0.3) is 5.97 Å². The SMILES string of the molecule is CC(=O)O.CCOC(=O)C(=O)CC(=O)CC.CCOC(=O)c1cc(CC)[nH]n1.CCc1cc(-c2nc3cc(C)c(C)cc3[nH]2)n[nH]1.CCc1cc(C=O)n[nH]1.CCc1cc(CO)[nH]n1.Cc1cc(N)c(N)cc1C.F.NN.[3HH].[Al].[H-].[Li+].[O]=[Mn]=[O]. The molecule has 26 nitrogen and oxygen atoms in total. The number of Topliss-reactive ketones (excluding diaryl/α,β-unsaturated/α-hetero) is 2. The van der Waals surface area contributed by atoms with Gasteiger partial charge in [-0.3, -0.25) is 56.0 Å². The van der Waals surface area contributed by atoms with Crippen LogP contribution >= 0.6 is 0 Å². The fourth-order valence-corrected chi connectivity index (χ4v) is 5.65.